The molecule has 0 radical (unpaired) electrons. The van der Waals surface area contributed by atoms with Gasteiger partial charge in [0.05, 0.1) is 12.8 Å². The van der Waals surface area contributed by atoms with Gasteiger partial charge in [-0.3, -0.25) is 9.59 Å². The van der Waals surface area contributed by atoms with Crippen molar-refractivity contribution in [2.75, 3.05) is 12.4 Å². The highest BCUT2D eigenvalue weighted by atomic mass is 32.2. The molecule has 3 rings (SSSR count). The molecule has 5 nitrogen and oxygen atoms in total. The van der Waals surface area contributed by atoms with Crippen LogP contribution in [-0.2, 0) is 9.59 Å². The number of carbonyl (C=O) groups excluding carboxylic acids is 2. The minimum Gasteiger partial charge on any atom is -0.497 e. The van der Waals surface area contributed by atoms with E-state index in [0.717, 1.165) is 21.9 Å². The highest BCUT2D eigenvalue weighted by Gasteiger charge is 2.20. The van der Waals surface area contributed by atoms with E-state index >= 15 is 0 Å². The lowest BCUT2D eigenvalue weighted by atomic mass is 10.2. The fourth-order valence-electron chi connectivity index (χ4n) is 3.31. The predicted octanol–water partition coefficient (Wildman–Crippen LogP) is 4.89. The highest BCUT2D eigenvalue weighted by molar-refractivity contribution is 8.00. The van der Waals surface area contributed by atoms with Gasteiger partial charge in [0.1, 0.15) is 11.8 Å². The van der Waals surface area contributed by atoms with Crippen molar-refractivity contribution in [3.63, 3.8) is 0 Å². The molecule has 30 heavy (non-hydrogen) atoms. The normalized spacial score (nSPS) is 15.1. The van der Waals surface area contributed by atoms with Gasteiger partial charge >= 0.3 is 0 Å². The Morgan fingerprint density at radius 1 is 1.10 bits per heavy atom. The monoisotopic (exact) mass is 424 g/mol. The lowest BCUT2D eigenvalue weighted by Crippen LogP contribution is -2.40. The molecule has 158 valence electrons. The summed E-state index contributed by atoms with van der Waals surface area (Å²) in [7, 11) is 1.61. The Morgan fingerprint density at radius 3 is 2.50 bits per heavy atom. The molecule has 0 heterocycles. The van der Waals surface area contributed by atoms with Crippen molar-refractivity contribution in [3.05, 3.63) is 60.2 Å². The van der Waals surface area contributed by atoms with E-state index in [0.29, 0.717) is 5.25 Å². The first-order valence-corrected chi connectivity index (χ1v) is 11.1. The molecule has 2 aromatic rings. The van der Waals surface area contributed by atoms with Crippen molar-refractivity contribution in [2.45, 2.75) is 48.8 Å². The second-order valence-electron chi connectivity index (χ2n) is 7.35. The maximum atomic E-state index is 12.6. The summed E-state index contributed by atoms with van der Waals surface area (Å²) >= 11 is 1.83. The molecule has 2 amide bonds. The van der Waals surface area contributed by atoms with Crippen molar-refractivity contribution in [1.82, 2.24) is 5.32 Å². The first kappa shape index (κ1) is 22.0. The second kappa shape index (κ2) is 10.9. The zero-order valence-electron chi connectivity index (χ0n) is 17.4. The van der Waals surface area contributed by atoms with E-state index in [2.05, 4.69) is 10.6 Å². The Labute approximate surface area is 182 Å². The van der Waals surface area contributed by atoms with Gasteiger partial charge in [0.25, 0.3) is 0 Å². The van der Waals surface area contributed by atoms with Crippen LogP contribution in [0.25, 0.3) is 6.08 Å². The number of amides is 2. The average molecular weight is 425 g/mol. The Hall–Kier alpha value is -2.73. The topological polar surface area (TPSA) is 67.4 Å². The summed E-state index contributed by atoms with van der Waals surface area (Å²) in [5.41, 5.74) is 1.68. The van der Waals surface area contributed by atoms with Crippen LogP contribution >= 0.6 is 11.8 Å². The Balaban J connectivity index is 1.54. The predicted molar refractivity (Wildman–Crippen MR) is 123 cm³/mol. The quantitative estimate of drug-likeness (QED) is 0.592. The maximum Gasteiger partial charge on any atom is 0.246 e. The largest absolute Gasteiger partial charge is 0.497 e. The zero-order valence-corrected chi connectivity index (χ0v) is 18.2. The number of hydrogen-bond donors (Lipinski definition) is 2. The molecule has 6 heteroatoms. The fourth-order valence-corrected chi connectivity index (χ4v) is 4.64. The summed E-state index contributed by atoms with van der Waals surface area (Å²) in [4.78, 5) is 25.9. The first-order valence-electron chi connectivity index (χ1n) is 10.2. The molecule has 0 aliphatic heterocycles. The van der Waals surface area contributed by atoms with Crippen molar-refractivity contribution in [3.8, 4) is 5.75 Å². The van der Waals surface area contributed by atoms with Crippen LogP contribution in [0.1, 0.15) is 38.2 Å². The van der Waals surface area contributed by atoms with Crippen molar-refractivity contribution < 1.29 is 14.3 Å². The summed E-state index contributed by atoms with van der Waals surface area (Å²) < 4.78 is 5.12. The van der Waals surface area contributed by atoms with Crippen LogP contribution < -0.4 is 15.4 Å². The first-order chi connectivity index (χ1) is 14.5. The minimum absolute atomic E-state index is 0.235. The van der Waals surface area contributed by atoms with Gasteiger partial charge in [-0.15, -0.1) is 11.8 Å². The number of methoxy groups -OCH3 is 1. The van der Waals surface area contributed by atoms with E-state index in [1.165, 1.54) is 31.8 Å². The third kappa shape index (κ3) is 6.39. The molecule has 1 aliphatic carbocycles. The van der Waals surface area contributed by atoms with Gasteiger partial charge in [-0.2, -0.15) is 0 Å². The lowest BCUT2D eigenvalue weighted by Gasteiger charge is -2.17. The molecule has 1 unspecified atom stereocenters. The van der Waals surface area contributed by atoms with Crippen molar-refractivity contribution in [1.29, 1.82) is 0 Å². The summed E-state index contributed by atoms with van der Waals surface area (Å²) in [6, 6.07) is 14.6. The minimum atomic E-state index is -0.650. The maximum absolute atomic E-state index is 12.6. The smallest absolute Gasteiger partial charge is 0.246 e. The van der Waals surface area contributed by atoms with Crippen molar-refractivity contribution in [2.24, 2.45) is 0 Å². The van der Waals surface area contributed by atoms with Crippen LogP contribution in [0.15, 0.2) is 59.5 Å². The number of anilines is 1. The van der Waals surface area contributed by atoms with Gasteiger partial charge in [-0.1, -0.05) is 37.1 Å². The van der Waals surface area contributed by atoms with Crippen LogP contribution in [-0.4, -0.2) is 30.2 Å². The Kier molecular flexibility index (Phi) is 7.97. The van der Waals surface area contributed by atoms with Gasteiger partial charge < -0.3 is 15.4 Å². The molecule has 1 saturated carbocycles. The number of para-hydroxylation sites is 1. The summed E-state index contributed by atoms with van der Waals surface area (Å²) in [6.45, 7) is 1.68. The van der Waals surface area contributed by atoms with Crippen LogP contribution in [0.2, 0.25) is 0 Å². The van der Waals surface area contributed by atoms with Crippen LogP contribution in [0.4, 0.5) is 5.69 Å². The molecule has 1 fully saturated rings. The molecule has 0 bridgehead atoms. The summed E-state index contributed by atoms with van der Waals surface area (Å²) in [5.74, 6) is 0.205. The lowest BCUT2D eigenvalue weighted by molar-refractivity contribution is -0.123. The molecular weight excluding hydrogens is 396 g/mol. The van der Waals surface area contributed by atoms with Gasteiger partial charge in [0.2, 0.25) is 11.8 Å². The summed E-state index contributed by atoms with van der Waals surface area (Å²) in [5, 5.41) is 6.29. The number of carbonyl (C=O) groups is 2. The van der Waals surface area contributed by atoms with Crippen LogP contribution in [0.5, 0.6) is 5.75 Å². The average Bonchev–Trinajstić information content (AvgIpc) is 3.27. The molecule has 2 N–H and O–H groups in total. The van der Waals surface area contributed by atoms with Gasteiger partial charge in [0.15, 0.2) is 0 Å². The molecule has 0 saturated heterocycles. The second-order valence-corrected chi connectivity index (χ2v) is 8.69. The van der Waals surface area contributed by atoms with E-state index < -0.39 is 6.04 Å². The molecule has 2 aromatic carbocycles. The number of ether oxygens (including phenoxy) is 1. The zero-order chi connectivity index (χ0) is 21.3. The van der Waals surface area contributed by atoms with E-state index in [9.17, 15) is 9.59 Å². The number of rotatable bonds is 8. The van der Waals surface area contributed by atoms with Crippen molar-refractivity contribution >= 4 is 35.3 Å². The third-order valence-electron chi connectivity index (χ3n) is 5.04. The number of benzene rings is 2. The summed E-state index contributed by atoms with van der Waals surface area (Å²) in [6.07, 6.45) is 8.13. The molecule has 0 aromatic heterocycles. The SMILES string of the molecule is COc1ccc(/C=C/C(=O)NC(C)C(=O)Nc2ccccc2SC2CCCC2)cc1. The van der Waals surface area contributed by atoms with Crippen LogP contribution in [0, 0.1) is 0 Å². The van der Waals surface area contributed by atoms with Gasteiger partial charge in [-0.25, -0.2) is 0 Å². The van der Waals surface area contributed by atoms with E-state index in [4.69, 9.17) is 4.74 Å². The Morgan fingerprint density at radius 2 is 1.80 bits per heavy atom. The molecule has 0 spiro atoms. The third-order valence-corrected chi connectivity index (χ3v) is 6.45. The van der Waals surface area contributed by atoms with Gasteiger partial charge in [0, 0.05) is 16.2 Å². The number of hydrogen-bond acceptors (Lipinski definition) is 4. The van der Waals surface area contributed by atoms with Gasteiger partial charge in [-0.05, 0) is 55.7 Å². The molecule has 1 atom stereocenters. The fraction of sp³-hybridized carbons (Fsp3) is 0.333. The molecular formula is C24H28N2O3S. The van der Waals surface area contributed by atoms with Crippen LogP contribution in [0.3, 0.4) is 0 Å². The number of nitrogens with one attached hydrogen (secondary N) is 2. The molecule has 1 aliphatic rings. The highest BCUT2D eigenvalue weighted by Crippen LogP contribution is 2.38. The number of thioether (sulfide) groups is 1. The van der Waals surface area contributed by atoms with E-state index in [1.807, 2.05) is 60.3 Å². The standard InChI is InChI=1S/C24H28N2O3S/c1-17(25-23(27)16-13-18-11-14-19(29-2)15-12-18)24(28)26-21-9-5-6-10-22(21)30-20-7-3-4-8-20/h5-6,9-17,20H,3-4,7-8H2,1-2H3,(H,25,27)(H,26,28)/b16-13+. The van der Waals surface area contributed by atoms with E-state index in [-0.39, 0.29) is 11.8 Å². The Bertz CT molecular complexity index is 890. The van der Waals surface area contributed by atoms with E-state index in [1.54, 1.807) is 20.1 Å².